The Hall–Kier alpha value is -1.80. The predicted octanol–water partition coefficient (Wildman–Crippen LogP) is 1.32. The number of hydrogen-bond donors (Lipinski definition) is 0. The van der Waals surface area contributed by atoms with Crippen LogP contribution in [0.15, 0.2) is 30.3 Å². The molecule has 0 N–H and O–H groups in total. The molecule has 0 amide bonds. The molecule has 118 valence electrons. The minimum Gasteiger partial charge on any atom is -0.377 e. The van der Waals surface area contributed by atoms with Crippen LogP contribution in [0.1, 0.15) is 30.8 Å². The van der Waals surface area contributed by atoms with Crippen molar-refractivity contribution in [3.63, 3.8) is 0 Å². The second kappa shape index (κ2) is 6.13. The summed E-state index contributed by atoms with van der Waals surface area (Å²) in [6, 6.07) is 9.25. The standard InChI is InChI=1S/C14H18N4O3S/c1-11(22(19,20)10-13-8-5-9-21-13)14-15-16-17-18(14)12-6-3-2-4-7-12/h2-4,6-7,11,13H,5,8-10H2,1H3/t11-,13-/m1/s1. The zero-order valence-electron chi connectivity index (χ0n) is 12.3. The highest BCUT2D eigenvalue weighted by molar-refractivity contribution is 7.91. The van der Waals surface area contributed by atoms with E-state index in [9.17, 15) is 8.42 Å². The van der Waals surface area contributed by atoms with Crippen LogP contribution in [0.5, 0.6) is 0 Å². The van der Waals surface area contributed by atoms with Crippen LogP contribution in [0.25, 0.3) is 5.69 Å². The molecule has 0 bridgehead atoms. The van der Waals surface area contributed by atoms with E-state index in [-0.39, 0.29) is 11.9 Å². The third-order valence-corrected chi connectivity index (χ3v) is 5.96. The Balaban J connectivity index is 1.86. The van der Waals surface area contributed by atoms with E-state index >= 15 is 0 Å². The van der Waals surface area contributed by atoms with Crippen molar-refractivity contribution in [3.8, 4) is 5.69 Å². The molecule has 1 aromatic heterocycles. The molecule has 0 unspecified atom stereocenters. The molecule has 1 aliphatic heterocycles. The van der Waals surface area contributed by atoms with Gasteiger partial charge in [0.1, 0.15) is 5.25 Å². The van der Waals surface area contributed by atoms with Crippen LogP contribution in [-0.2, 0) is 14.6 Å². The van der Waals surface area contributed by atoms with Gasteiger partial charge in [0.15, 0.2) is 15.7 Å². The van der Waals surface area contributed by atoms with Gasteiger partial charge in [0, 0.05) is 6.61 Å². The lowest BCUT2D eigenvalue weighted by molar-refractivity contribution is 0.127. The molecule has 22 heavy (non-hydrogen) atoms. The first-order valence-corrected chi connectivity index (χ1v) is 8.96. The van der Waals surface area contributed by atoms with Gasteiger partial charge < -0.3 is 4.74 Å². The first-order chi connectivity index (χ1) is 10.6. The SMILES string of the molecule is C[C@H](c1nnnn1-c1ccccc1)S(=O)(=O)C[C@H]1CCCO1. The maximum atomic E-state index is 12.6. The third kappa shape index (κ3) is 3.02. The molecule has 0 spiro atoms. The van der Waals surface area contributed by atoms with Crippen LogP contribution in [0, 0.1) is 0 Å². The number of ether oxygens (including phenoxy) is 1. The lowest BCUT2D eigenvalue weighted by Gasteiger charge is -2.15. The average Bonchev–Trinajstić information content (AvgIpc) is 3.18. The van der Waals surface area contributed by atoms with Crippen molar-refractivity contribution in [1.82, 2.24) is 20.2 Å². The summed E-state index contributed by atoms with van der Waals surface area (Å²) in [7, 11) is -3.39. The second-order valence-electron chi connectivity index (χ2n) is 5.39. The van der Waals surface area contributed by atoms with Gasteiger partial charge in [-0.25, -0.2) is 8.42 Å². The van der Waals surface area contributed by atoms with Crippen molar-refractivity contribution in [2.24, 2.45) is 0 Å². The van der Waals surface area contributed by atoms with Crippen LogP contribution in [0.4, 0.5) is 0 Å². The molecular formula is C14H18N4O3S. The Labute approximate surface area is 129 Å². The number of hydrogen-bond acceptors (Lipinski definition) is 6. The van der Waals surface area contributed by atoms with E-state index in [4.69, 9.17) is 4.74 Å². The Kier molecular flexibility index (Phi) is 4.21. The lowest BCUT2D eigenvalue weighted by atomic mass is 10.3. The monoisotopic (exact) mass is 322 g/mol. The molecule has 8 heteroatoms. The largest absolute Gasteiger partial charge is 0.377 e. The quantitative estimate of drug-likeness (QED) is 0.825. The van der Waals surface area contributed by atoms with E-state index in [1.165, 1.54) is 4.68 Å². The van der Waals surface area contributed by atoms with Crippen molar-refractivity contribution in [3.05, 3.63) is 36.2 Å². The Morgan fingerprint density at radius 3 is 2.82 bits per heavy atom. The summed E-state index contributed by atoms with van der Waals surface area (Å²) in [5, 5.41) is 10.7. The molecular weight excluding hydrogens is 304 g/mol. The van der Waals surface area contributed by atoms with E-state index < -0.39 is 15.1 Å². The summed E-state index contributed by atoms with van der Waals surface area (Å²) < 4.78 is 32.1. The molecule has 1 aliphatic rings. The first-order valence-electron chi connectivity index (χ1n) is 7.25. The zero-order chi connectivity index (χ0) is 15.6. The van der Waals surface area contributed by atoms with Crippen molar-refractivity contribution >= 4 is 9.84 Å². The van der Waals surface area contributed by atoms with Gasteiger partial charge in [-0.05, 0) is 42.3 Å². The topological polar surface area (TPSA) is 87.0 Å². The van der Waals surface area contributed by atoms with Crippen LogP contribution in [0.3, 0.4) is 0 Å². The van der Waals surface area contributed by atoms with Gasteiger partial charge in [-0.15, -0.1) is 5.10 Å². The number of benzene rings is 1. The highest BCUT2D eigenvalue weighted by atomic mass is 32.2. The van der Waals surface area contributed by atoms with Gasteiger partial charge in [0.2, 0.25) is 0 Å². The molecule has 1 saturated heterocycles. The highest BCUT2D eigenvalue weighted by Gasteiger charge is 2.32. The normalized spacial score (nSPS) is 20.1. The Morgan fingerprint density at radius 2 is 2.14 bits per heavy atom. The van der Waals surface area contributed by atoms with E-state index in [0.717, 1.165) is 18.5 Å². The Morgan fingerprint density at radius 1 is 1.36 bits per heavy atom. The van der Waals surface area contributed by atoms with Crippen molar-refractivity contribution in [2.45, 2.75) is 31.1 Å². The maximum absolute atomic E-state index is 12.6. The summed E-state index contributed by atoms with van der Waals surface area (Å²) in [5.41, 5.74) is 0.738. The van der Waals surface area contributed by atoms with E-state index in [1.807, 2.05) is 30.3 Å². The van der Waals surface area contributed by atoms with Crippen LogP contribution in [0.2, 0.25) is 0 Å². The van der Waals surface area contributed by atoms with Crippen molar-refractivity contribution < 1.29 is 13.2 Å². The molecule has 1 aromatic carbocycles. The maximum Gasteiger partial charge on any atom is 0.174 e. The van der Waals surface area contributed by atoms with E-state index in [0.29, 0.717) is 12.4 Å². The molecule has 0 radical (unpaired) electrons. The van der Waals surface area contributed by atoms with Gasteiger partial charge in [0.25, 0.3) is 0 Å². The highest BCUT2D eigenvalue weighted by Crippen LogP contribution is 2.25. The number of rotatable bonds is 5. The molecule has 2 atom stereocenters. The first kappa shape index (κ1) is 15.1. The molecule has 0 aliphatic carbocycles. The van der Waals surface area contributed by atoms with Gasteiger partial charge in [0.05, 0.1) is 17.5 Å². The second-order valence-corrected chi connectivity index (χ2v) is 7.76. The van der Waals surface area contributed by atoms with Crippen LogP contribution < -0.4 is 0 Å². The predicted molar refractivity (Wildman–Crippen MR) is 80.3 cm³/mol. The van der Waals surface area contributed by atoms with Gasteiger partial charge in [-0.2, -0.15) is 4.68 Å². The fraction of sp³-hybridized carbons (Fsp3) is 0.500. The van der Waals surface area contributed by atoms with Gasteiger partial charge in [-0.3, -0.25) is 0 Å². The zero-order valence-corrected chi connectivity index (χ0v) is 13.1. The van der Waals surface area contributed by atoms with Crippen LogP contribution >= 0.6 is 0 Å². The molecule has 0 saturated carbocycles. The van der Waals surface area contributed by atoms with Gasteiger partial charge >= 0.3 is 0 Å². The van der Waals surface area contributed by atoms with E-state index in [1.54, 1.807) is 6.92 Å². The third-order valence-electron chi connectivity index (χ3n) is 3.84. The molecule has 3 rings (SSSR count). The minimum atomic E-state index is -3.39. The number of tetrazole rings is 1. The number of nitrogens with zero attached hydrogens (tertiary/aromatic N) is 4. The fourth-order valence-corrected chi connectivity index (χ4v) is 4.08. The minimum absolute atomic E-state index is 0.00974. The van der Waals surface area contributed by atoms with Crippen molar-refractivity contribution in [1.29, 1.82) is 0 Å². The fourth-order valence-electron chi connectivity index (χ4n) is 2.54. The van der Waals surface area contributed by atoms with E-state index in [2.05, 4.69) is 15.5 Å². The number of sulfone groups is 1. The molecule has 2 heterocycles. The molecule has 1 fully saturated rings. The number of aromatic nitrogens is 4. The summed E-state index contributed by atoms with van der Waals surface area (Å²) in [5.74, 6) is 0.333. The summed E-state index contributed by atoms with van der Waals surface area (Å²) in [4.78, 5) is 0. The summed E-state index contributed by atoms with van der Waals surface area (Å²) in [6.45, 7) is 2.26. The number of para-hydroxylation sites is 1. The molecule has 7 nitrogen and oxygen atoms in total. The summed E-state index contributed by atoms with van der Waals surface area (Å²) in [6.07, 6.45) is 1.49. The summed E-state index contributed by atoms with van der Waals surface area (Å²) >= 11 is 0. The van der Waals surface area contributed by atoms with Gasteiger partial charge in [-0.1, -0.05) is 18.2 Å². The average molecular weight is 322 g/mol. The smallest absolute Gasteiger partial charge is 0.174 e. The molecule has 2 aromatic rings. The van der Waals surface area contributed by atoms with Crippen LogP contribution in [-0.4, -0.2) is 47.1 Å². The lowest BCUT2D eigenvalue weighted by Crippen LogP contribution is -2.25. The van der Waals surface area contributed by atoms with Crippen molar-refractivity contribution in [2.75, 3.05) is 12.4 Å². The Bertz CT molecular complexity index is 724.